The van der Waals surface area contributed by atoms with Gasteiger partial charge in [-0.3, -0.25) is 4.79 Å². The van der Waals surface area contributed by atoms with E-state index in [1.54, 1.807) is 17.8 Å². The minimum absolute atomic E-state index is 0.0754. The highest BCUT2D eigenvalue weighted by molar-refractivity contribution is 7.98. The molecule has 1 N–H and O–H groups in total. The fourth-order valence-corrected chi connectivity index (χ4v) is 3.59. The highest BCUT2D eigenvalue weighted by Crippen LogP contribution is 2.30. The number of benzene rings is 2. The minimum Gasteiger partial charge on any atom is -0.345 e. The molecule has 4 heteroatoms. The molecule has 1 aliphatic rings. The Hall–Kier alpha value is -1.45. The Labute approximate surface area is 140 Å². The molecule has 1 atom stereocenters. The van der Waals surface area contributed by atoms with E-state index >= 15 is 0 Å². The number of hydrogen-bond acceptors (Lipinski definition) is 2. The molecular formula is C18H18ClNOS. The second-order valence-electron chi connectivity index (χ2n) is 5.46. The molecule has 0 radical (unpaired) electrons. The van der Waals surface area contributed by atoms with Crippen LogP contribution in [-0.2, 0) is 6.42 Å². The lowest BCUT2D eigenvalue weighted by atomic mass is 9.87. The van der Waals surface area contributed by atoms with Gasteiger partial charge in [-0.05, 0) is 54.8 Å². The Morgan fingerprint density at radius 1 is 1.27 bits per heavy atom. The van der Waals surface area contributed by atoms with Gasteiger partial charge >= 0.3 is 0 Å². The third kappa shape index (κ3) is 3.16. The lowest BCUT2D eigenvalue weighted by molar-refractivity contribution is 0.0932. The maximum absolute atomic E-state index is 12.6. The van der Waals surface area contributed by atoms with Gasteiger partial charge in [0.1, 0.15) is 0 Å². The Morgan fingerprint density at radius 2 is 2.09 bits per heavy atom. The fourth-order valence-electron chi connectivity index (χ4n) is 2.95. The summed E-state index contributed by atoms with van der Waals surface area (Å²) in [6.07, 6.45) is 5.15. The normalized spacial score (nSPS) is 16.9. The minimum atomic E-state index is -0.0948. The number of nitrogens with one attached hydrogen (secondary N) is 1. The van der Waals surface area contributed by atoms with E-state index in [1.165, 1.54) is 11.1 Å². The number of fused-ring (bicyclic) bond motifs is 1. The summed E-state index contributed by atoms with van der Waals surface area (Å²) in [4.78, 5) is 13.6. The molecule has 1 amide bonds. The Balaban J connectivity index is 1.84. The van der Waals surface area contributed by atoms with Crippen molar-refractivity contribution in [2.75, 3.05) is 6.26 Å². The third-order valence-electron chi connectivity index (χ3n) is 4.09. The molecule has 2 aromatic carbocycles. The molecule has 22 heavy (non-hydrogen) atoms. The van der Waals surface area contributed by atoms with E-state index in [-0.39, 0.29) is 11.9 Å². The summed E-state index contributed by atoms with van der Waals surface area (Å²) in [5.74, 6) is -0.0948. The summed E-state index contributed by atoms with van der Waals surface area (Å²) in [6.45, 7) is 0. The summed E-state index contributed by atoms with van der Waals surface area (Å²) >= 11 is 7.80. The molecule has 1 aliphatic carbocycles. The van der Waals surface area contributed by atoms with Crippen molar-refractivity contribution >= 4 is 29.3 Å². The third-order valence-corrected chi connectivity index (χ3v) is 5.15. The monoisotopic (exact) mass is 331 g/mol. The first kappa shape index (κ1) is 15.4. The fraction of sp³-hybridized carbons (Fsp3) is 0.278. The zero-order valence-electron chi connectivity index (χ0n) is 12.4. The average Bonchev–Trinajstić information content (AvgIpc) is 2.55. The van der Waals surface area contributed by atoms with Crippen LogP contribution in [0.15, 0.2) is 47.4 Å². The van der Waals surface area contributed by atoms with Crippen LogP contribution in [0.4, 0.5) is 0 Å². The molecule has 114 valence electrons. The summed E-state index contributed by atoms with van der Waals surface area (Å²) in [6, 6.07) is 14.0. The molecule has 0 fully saturated rings. The standard InChI is InChI=1S/C18H18ClNOS/c1-22-13-9-10-16(19)15(11-13)18(21)20-17-8-4-6-12-5-2-3-7-14(12)17/h2-3,5,7,9-11,17H,4,6,8H2,1H3,(H,20,21). The number of rotatable bonds is 3. The summed E-state index contributed by atoms with van der Waals surface area (Å²) < 4.78 is 0. The zero-order chi connectivity index (χ0) is 15.5. The van der Waals surface area contributed by atoms with Crippen LogP contribution in [0.25, 0.3) is 0 Å². The van der Waals surface area contributed by atoms with Crippen LogP contribution >= 0.6 is 23.4 Å². The molecule has 3 rings (SSSR count). The summed E-state index contributed by atoms with van der Waals surface area (Å²) in [5.41, 5.74) is 3.12. The molecule has 2 aromatic rings. The van der Waals surface area contributed by atoms with E-state index in [1.807, 2.05) is 24.5 Å². The molecule has 0 aliphatic heterocycles. The van der Waals surface area contributed by atoms with Crippen LogP contribution in [0.5, 0.6) is 0 Å². The Bertz CT molecular complexity index is 701. The van der Waals surface area contributed by atoms with Crippen LogP contribution in [0, 0.1) is 0 Å². The van der Waals surface area contributed by atoms with Crippen molar-refractivity contribution in [3.8, 4) is 0 Å². The molecule has 1 unspecified atom stereocenters. The molecule has 0 spiro atoms. The van der Waals surface area contributed by atoms with E-state index in [2.05, 4.69) is 23.5 Å². The van der Waals surface area contributed by atoms with Crippen molar-refractivity contribution < 1.29 is 4.79 Å². The van der Waals surface area contributed by atoms with Crippen molar-refractivity contribution in [3.05, 3.63) is 64.2 Å². The van der Waals surface area contributed by atoms with Gasteiger partial charge in [0, 0.05) is 4.90 Å². The van der Waals surface area contributed by atoms with Crippen LogP contribution in [-0.4, -0.2) is 12.2 Å². The van der Waals surface area contributed by atoms with Gasteiger partial charge in [0.05, 0.1) is 16.6 Å². The lowest BCUT2D eigenvalue weighted by Crippen LogP contribution is -2.31. The van der Waals surface area contributed by atoms with Gasteiger partial charge in [-0.2, -0.15) is 0 Å². The molecule has 0 aromatic heterocycles. The predicted molar refractivity (Wildman–Crippen MR) is 92.8 cm³/mol. The highest BCUT2D eigenvalue weighted by Gasteiger charge is 2.22. The van der Waals surface area contributed by atoms with Gasteiger partial charge in [-0.15, -0.1) is 11.8 Å². The lowest BCUT2D eigenvalue weighted by Gasteiger charge is -2.26. The molecule has 2 nitrogen and oxygen atoms in total. The van der Waals surface area contributed by atoms with Gasteiger partial charge in [0.15, 0.2) is 0 Å². The Morgan fingerprint density at radius 3 is 2.91 bits per heavy atom. The molecule has 0 saturated heterocycles. The number of aryl methyl sites for hydroxylation is 1. The van der Waals surface area contributed by atoms with Crippen LogP contribution < -0.4 is 5.32 Å². The first-order valence-corrected chi connectivity index (χ1v) is 9.01. The number of halogens is 1. The molecule has 0 bridgehead atoms. The van der Waals surface area contributed by atoms with Crippen LogP contribution in [0.3, 0.4) is 0 Å². The quantitative estimate of drug-likeness (QED) is 0.813. The van der Waals surface area contributed by atoms with E-state index in [0.717, 1.165) is 24.2 Å². The number of thioether (sulfide) groups is 1. The predicted octanol–water partition coefficient (Wildman–Crippen LogP) is 4.87. The van der Waals surface area contributed by atoms with E-state index in [4.69, 9.17) is 11.6 Å². The largest absolute Gasteiger partial charge is 0.345 e. The van der Waals surface area contributed by atoms with Gasteiger partial charge in [0.25, 0.3) is 5.91 Å². The smallest absolute Gasteiger partial charge is 0.253 e. The van der Waals surface area contributed by atoms with E-state index < -0.39 is 0 Å². The topological polar surface area (TPSA) is 29.1 Å². The second kappa shape index (κ2) is 6.76. The van der Waals surface area contributed by atoms with Gasteiger partial charge < -0.3 is 5.32 Å². The van der Waals surface area contributed by atoms with E-state index in [9.17, 15) is 4.79 Å². The highest BCUT2D eigenvalue weighted by atomic mass is 35.5. The van der Waals surface area contributed by atoms with Crippen molar-refractivity contribution in [2.24, 2.45) is 0 Å². The Kier molecular flexibility index (Phi) is 4.74. The van der Waals surface area contributed by atoms with Crippen molar-refractivity contribution in [1.29, 1.82) is 0 Å². The number of carbonyl (C=O) groups is 1. The van der Waals surface area contributed by atoms with Gasteiger partial charge in [0.2, 0.25) is 0 Å². The van der Waals surface area contributed by atoms with Crippen molar-refractivity contribution in [2.45, 2.75) is 30.2 Å². The maximum atomic E-state index is 12.6. The summed E-state index contributed by atoms with van der Waals surface area (Å²) in [5, 5.41) is 3.65. The molecule has 0 saturated carbocycles. The molecule has 0 heterocycles. The first-order chi connectivity index (χ1) is 10.7. The number of carbonyl (C=O) groups excluding carboxylic acids is 1. The van der Waals surface area contributed by atoms with Crippen molar-refractivity contribution in [1.82, 2.24) is 5.32 Å². The van der Waals surface area contributed by atoms with E-state index in [0.29, 0.717) is 10.6 Å². The van der Waals surface area contributed by atoms with Gasteiger partial charge in [-0.25, -0.2) is 0 Å². The molecular weight excluding hydrogens is 314 g/mol. The van der Waals surface area contributed by atoms with Gasteiger partial charge in [-0.1, -0.05) is 35.9 Å². The second-order valence-corrected chi connectivity index (χ2v) is 6.75. The number of amides is 1. The zero-order valence-corrected chi connectivity index (χ0v) is 14.0. The maximum Gasteiger partial charge on any atom is 0.253 e. The van der Waals surface area contributed by atoms with Crippen molar-refractivity contribution in [3.63, 3.8) is 0 Å². The summed E-state index contributed by atoms with van der Waals surface area (Å²) in [7, 11) is 0. The SMILES string of the molecule is CSc1ccc(Cl)c(C(=O)NC2CCCc3ccccc32)c1. The van der Waals surface area contributed by atoms with Crippen LogP contribution in [0.1, 0.15) is 40.4 Å². The average molecular weight is 332 g/mol. The first-order valence-electron chi connectivity index (χ1n) is 7.41. The van der Waals surface area contributed by atoms with Crippen LogP contribution in [0.2, 0.25) is 5.02 Å². The number of hydrogen-bond donors (Lipinski definition) is 1.